The Balaban J connectivity index is 1.98. The molecule has 0 heterocycles. The summed E-state index contributed by atoms with van der Waals surface area (Å²) in [5.41, 5.74) is 3.37. The van der Waals surface area contributed by atoms with Gasteiger partial charge in [-0.05, 0) is 42.5 Å². The zero-order chi connectivity index (χ0) is 18.5. The van der Waals surface area contributed by atoms with Gasteiger partial charge in [-0.25, -0.2) is 0 Å². The highest BCUT2D eigenvalue weighted by Gasteiger charge is 2.05. The summed E-state index contributed by atoms with van der Waals surface area (Å²) in [7, 11) is 0. The van der Waals surface area contributed by atoms with Gasteiger partial charge in [0.2, 0.25) is 0 Å². The number of rotatable bonds is 12. The van der Waals surface area contributed by atoms with Crippen LogP contribution in [0.4, 0.5) is 5.69 Å². The minimum atomic E-state index is 0.730. The summed E-state index contributed by atoms with van der Waals surface area (Å²) in [5.74, 6) is 0.905. The molecular weight excluding hydrogens is 318 g/mol. The smallest absolute Gasteiger partial charge is 0.145 e. The number of nitrogens with zero attached hydrogens (tertiary/aromatic N) is 1. The maximum atomic E-state index is 5.96. The van der Waals surface area contributed by atoms with Crippen LogP contribution in [0.1, 0.15) is 69.9 Å². The van der Waals surface area contributed by atoms with E-state index in [9.17, 15) is 0 Å². The minimum absolute atomic E-state index is 0.730. The molecule has 140 valence electrons. The van der Waals surface area contributed by atoms with Crippen LogP contribution in [0.5, 0.6) is 5.75 Å². The van der Waals surface area contributed by atoms with Gasteiger partial charge in [0.25, 0.3) is 0 Å². The second kappa shape index (κ2) is 12.3. The van der Waals surface area contributed by atoms with Gasteiger partial charge in [0.1, 0.15) is 11.4 Å². The second-order valence-corrected chi connectivity index (χ2v) is 6.84. The number of aliphatic imine (C=N–C) groups is 1. The summed E-state index contributed by atoms with van der Waals surface area (Å²) < 4.78 is 5.96. The number of hydrogen-bond acceptors (Lipinski definition) is 2. The molecule has 0 fully saturated rings. The lowest BCUT2D eigenvalue weighted by molar-refractivity contribution is 0.318. The van der Waals surface area contributed by atoms with E-state index < -0.39 is 0 Å². The molecule has 0 spiro atoms. The van der Waals surface area contributed by atoms with Crippen molar-refractivity contribution in [3.8, 4) is 5.75 Å². The molecule has 0 radical (unpaired) electrons. The van der Waals surface area contributed by atoms with Gasteiger partial charge in [-0.2, -0.15) is 0 Å². The minimum Gasteiger partial charge on any atom is -0.491 e. The van der Waals surface area contributed by atoms with Crippen LogP contribution < -0.4 is 4.74 Å². The number of benzene rings is 2. The molecule has 0 saturated carbocycles. The highest BCUT2D eigenvalue weighted by Crippen LogP contribution is 2.29. The van der Waals surface area contributed by atoms with Gasteiger partial charge < -0.3 is 4.74 Å². The molecule has 0 bridgehead atoms. The third-order valence-corrected chi connectivity index (χ3v) is 4.46. The summed E-state index contributed by atoms with van der Waals surface area (Å²) in [6.07, 6.45) is 12.0. The van der Waals surface area contributed by atoms with Gasteiger partial charge in [-0.3, -0.25) is 4.99 Å². The average Bonchev–Trinajstić information content (AvgIpc) is 2.69. The predicted molar refractivity (Wildman–Crippen MR) is 113 cm³/mol. The Morgan fingerprint density at radius 2 is 1.62 bits per heavy atom. The van der Waals surface area contributed by atoms with Crippen molar-refractivity contribution in [2.24, 2.45) is 4.99 Å². The van der Waals surface area contributed by atoms with Crippen LogP contribution >= 0.6 is 0 Å². The first-order chi connectivity index (χ1) is 12.8. The molecule has 26 heavy (non-hydrogen) atoms. The van der Waals surface area contributed by atoms with Gasteiger partial charge in [-0.1, -0.05) is 82.3 Å². The molecule has 2 aromatic carbocycles. The number of aryl methyl sites for hydroxylation is 1. The fourth-order valence-electron chi connectivity index (χ4n) is 2.94. The monoisotopic (exact) mass is 351 g/mol. The second-order valence-electron chi connectivity index (χ2n) is 6.84. The van der Waals surface area contributed by atoms with Crippen molar-refractivity contribution in [1.82, 2.24) is 0 Å². The standard InChI is InChI=1S/C24H33NO/c1-3-5-6-7-8-10-13-21-16-17-23(24(19-21)26-18-4-2)25-20-22-14-11-9-12-15-22/h9,11-12,14-17,19-20H,3-8,10,13,18H2,1-2H3. The van der Waals surface area contributed by atoms with E-state index >= 15 is 0 Å². The molecule has 2 rings (SSSR count). The summed E-state index contributed by atoms with van der Waals surface area (Å²) in [5, 5.41) is 0. The molecule has 0 aromatic heterocycles. The van der Waals surface area contributed by atoms with Crippen molar-refractivity contribution in [2.45, 2.75) is 65.2 Å². The molecule has 2 aromatic rings. The van der Waals surface area contributed by atoms with E-state index in [1.54, 1.807) is 0 Å². The van der Waals surface area contributed by atoms with Crippen LogP contribution in [-0.4, -0.2) is 12.8 Å². The quantitative estimate of drug-likeness (QED) is 0.294. The zero-order valence-corrected chi connectivity index (χ0v) is 16.4. The van der Waals surface area contributed by atoms with E-state index in [0.29, 0.717) is 0 Å². The summed E-state index contributed by atoms with van der Waals surface area (Å²) in [6.45, 7) is 5.13. The normalized spacial score (nSPS) is 11.2. The van der Waals surface area contributed by atoms with Crippen molar-refractivity contribution in [2.75, 3.05) is 6.61 Å². The Bertz CT molecular complexity index is 649. The molecule has 0 amide bonds. The van der Waals surface area contributed by atoms with Crippen molar-refractivity contribution >= 4 is 11.9 Å². The lowest BCUT2D eigenvalue weighted by Gasteiger charge is -2.10. The summed E-state index contributed by atoms with van der Waals surface area (Å²) >= 11 is 0. The predicted octanol–water partition coefficient (Wildman–Crippen LogP) is 7.13. The summed E-state index contributed by atoms with van der Waals surface area (Å²) in [6, 6.07) is 16.7. The Hall–Kier alpha value is -2.09. The lowest BCUT2D eigenvalue weighted by Crippen LogP contribution is -1.97. The van der Waals surface area contributed by atoms with Crippen LogP contribution in [-0.2, 0) is 6.42 Å². The van der Waals surface area contributed by atoms with Gasteiger partial charge in [0.15, 0.2) is 0 Å². The Morgan fingerprint density at radius 1 is 0.846 bits per heavy atom. The van der Waals surface area contributed by atoms with Crippen LogP contribution in [0.25, 0.3) is 0 Å². The van der Waals surface area contributed by atoms with Gasteiger partial charge in [0, 0.05) is 6.21 Å². The maximum Gasteiger partial charge on any atom is 0.145 e. The fraction of sp³-hybridized carbons (Fsp3) is 0.458. The largest absolute Gasteiger partial charge is 0.491 e. The third kappa shape index (κ3) is 7.43. The highest BCUT2D eigenvalue weighted by atomic mass is 16.5. The first-order valence-electron chi connectivity index (χ1n) is 10.2. The fourth-order valence-corrected chi connectivity index (χ4v) is 2.94. The molecule has 0 aliphatic heterocycles. The summed E-state index contributed by atoms with van der Waals surface area (Å²) in [4.78, 5) is 4.65. The zero-order valence-electron chi connectivity index (χ0n) is 16.4. The molecule has 0 aliphatic carbocycles. The van der Waals surface area contributed by atoms with Crippen molar-refractivity contribution in [3.05, 3.63) is 59.7 Å². The molecule has 0 N–H and O–H groups in total. The number of hydrogen-bond donors (Lipinski definition) is 0. The van der Waals surface area contributed by atoms with Gasteiger partial charge in [0.05, 0.1) is 6.61 Å². The van der Waals surface area contributed by atoms with E-state index in [2.05, 4.69) is 49.2 Å². The van der Waals surface area contributed by atoms with E-state index in [1.165, 1.54) is 44.1 Å². The highest BCUT2D eigenvalue weighted by molar-refractivity contribution is 5.82. The molecule has 0 unspecified atom stereocenters. The Morgan fingerprint density at radius 3 is 2.38 bits per heavy atom. The number of unbranched alkanes of at least 4 members (excludes halogenated alkanes) is 5. The van der Waals surface area contributed by atoms with Gasteiger partial charge >= 0.3 is 0 Å². The van der Waals surface area contributed by atoms with E-state index in [0.717, 1.165) is 36.4 Å². The maximum absolute atomic E-state index is 5.96. The van der Waals surface area contributed by atoms with Crippen molar-refractivity contribution in [3.63, 3.8) is 0 Å². The van der Waals surface area contributed by atoms with Crippen molar-refractivity contribution < 1.29 is 4.74 Å². The van der Waals surface area contributed by atoms with E-state index in [-0.39, 0.29) is 0 Å². The van der Waals surface area contributed by atoms with Crippen LogP contribution in [0.15, 0.2) is 53.5 Å². The number of ether oxygens (including phenoxy) is 1. The SMILES string of the molecule is CCCCCCCCc1ccc(N=Cc2ccccc2)c(OCCC)c1. The average molecular weight is 352 g/mol. The Labute approximate surface area is 159 Å². The van der Waals surface area contributed by atoms with Crippen LogP contribution in [0.2, 0.25) is 0 Å². The first-order valence-corrected chi connectivity index (χ1v) is 10.2. The van der Waals surface area contributed by atoms with E-state index in [1.807, 2.05) is 24.4 Å². The Kier molecular flexibility index (Phi) is 9.56. The molecule has 2 heteroatoms. The molecule has 0 atom stereocenters. The van der Waals surface area contributed by atoms with E-state index in [4.69, 9.17) is 4.74 Å². The van der Waals surface area contributed by atoms with Crippen LogP contribution in [0.3, 0.4) is 0 Å². The molecular formula is C24H33NO. The molecule has 2 nitrogen and oxygen atoms in total. The topological polar surface area (TPSA) is 21.6 Å². The van der Waals surface area contributed by atoms with Crippen molar-refractivity contribution in [1.29, 1.82) is 0 Å². The van der Waals surface area contributed by atoms with Gasteiger partial charge in [-0.15, -0.1) is 0 Å². The first kappa shape index (κ1) is 20.2. The molecule has 0 aliphatic rings. The lowest BCUT2D eigenvalue weighted by atomic mass is 10.0. The van der Waals surface area contributed by atoms with Crippen LogP contribution in [0, 0.1) is 0 Å². The third-order valence-electron chi connectivity index (χ3n) is 4.46. The molecule has 0 saturated heterocycles.